The van der Waals surface area contributed by atoms with E-state index in [1.807, 2.05) is 19.9 Å². The molecular formula is C11H17FN2. The Bertz CT molecular complexity index is 277. The monoisotopic (exact) mass is 196 g/mol. The zero-order valence-corrected chi connectivity index (χ0v) is 9.13. The second-order valence-electron chi connectivity index (χ2n) is 2.91. The molecule has 0 unspecified atom stereocenters. The van der Waals surface area contributed by atoms with Crippen molar-refractivity contribution in [2.75, 3.05) is 0 Å². The molecule has 0 saturated carbocycles. The van der Waals surface area contributed by atoms with Gasteiger partial charge in [-0.15, -0.1) is 0 Å². The second-order valence-corrected chi connectivity index (χ2v) is 2.91. The first-order valence-electron chi connectivity index (χ1n) is 4.48. The highest BCUT2D eigenvalue weighted by Crippen LogP contribution is 2.06. The van der Waals surface area contributed by atoms with Gasteiger partial charge >= 0.3 is 0 Å². The summed E-state index contributed by atoms with van der Waals surface area (Å²) in [4.78, 5) is 4.03. The molecular weight excluding hydrogens is 179 g/mol. The first-order valence-corrected chi connectivity index (χ1v) is 4.48. The van der Waals surface area contributed by atoms with Gasteiger partial charge in [0.15, 0.2) is 0 Å². The lowest BCUT2D eigenvalue weighted by atomic mass is 10.3. The minimum Gasteiger partial charge on any atom is -0.399 e. The van der Waals surface area contributed by atoms with Gasteiger partial charge in [-0.05, 0) is 33.8 Å². The van der Waals surface area contributed by atoms with Gasteiger partial charge in [0.25, 0.3) is 0 Å². The van der Waals surface area contributed by atoms with E-state index in [0.717, 1.165) is 5.70 Å². The Kier molecular flexibility index (Phi) is 5.53. The van der Waals surface area contributed by atoms with Crippen LogP contribution in [-0.4, -0.2) is 5.71 Å². The summed E-state index contributed by atoms with van der Waals surface area (Å²) < 4.78 is 13.3. The number of halogens is 1. The normalized spacial score (nSPS) is 16.1. The van der Waals surface area contributed by atoms with Crippen molar-refractivity contribution >= 4 is 5.71 Å². The van der Waals surface area contributed by atoms with Crippen LogP contribution in [0.15, 0.2) is 40.4 Å². The Balaban J connectivity index is 4.79. The Morgan fingerprint density at radius 2 is 1.79 bits per heavy atom. The van der Waals surface area contributed by atoms with Crippen LogP contribution in [0.1, 0.15) is 27.7 Å². The molecule has 0 fully saturated rings. The molecule has 0 atom stereocenters. The van der Waals surface area contributed by atoms with Crippen molar-refractivity contribution in [3.05, 3.63) is 35.4 Å². The molecule has 0 aromatic heterocycles. The highest BCUT2D eigenvalue weighted by Gasteiger charge is 1.99. The van der Waals surface area contributed by atoms with E-state index in [2.05, 4.69) is 4.99 Å². The molecule has 0 spiro atoms. The van der Waals surface area contributed by atoms with Crippen LogP contribution in [0.4, 0.5) is 4.39 Å². The molecule has 0 saturated heterocycles. The van der Waals surface area contributed by atoms with Crippen molar-refractivity contribution in [1.29, 1.82) is 0 Å². The lowest BCUT2D eigenvalue weighted by Gasteiger charge is -1.98. The lowest BCUT2D eigenvalue weighted by Crippen LogP contribution is -1.98. The molecule has 2 nitrogen and oxygen atoms in total. The summed E-state index contributed by atoms with van der Waals surface area (Å²) in [6, 6.07) is 0. The quantitative estimate of drug-likeness (QED) is 0.546. The fraction of sp³-hybridized carbons (Fsp3) is 0.364. The van der Waals surface area contributed by atoms with Crippen LogP contribution in [-0.2, 0) is 0 Å². The fourth-order valence-electron chi connectivity index (χ4n) is 0.717. The number of aliphatic imine (C=N–C) groups is 1. The second kappa shape index (κ2) is 6.13. The summed E-state index contributed by atoms with van der Waals surface area (Å²) in [5.41, 5.74) is 6.97. The van der Waals surface area contributed by atoms with E-state index in [1.54, 1.807) is 19.9 Å². The zero-order valence-electron chi connectivity index (χ0n) is 9.13. The van der Waals surface area contributed by atoms with Crippen LogP contribution in [0.3, 0.4) is 0 Å². The molecule has 0 aliphatic rings. The average molecular weight is 196 g/mol. The first kappa shape index (κ1) is 12.6. The van der Waals surface area contributed by atoms with Crippen molar-refractivity contribution in [3.8, 4) is 0 Å². The molecule has 0 rings (SSSR count). The molecule has 0 aromatic carbocycles. The number of allylic oxidation sites excluding steroid dienone is 5. The number of hydrogen-bond acceptors (Lipinski definition) is 2. The van der Waals surface area contributed by atoms with Crippen molar-refractivity contribution in [2.45, 2.75) is 27.7 Å². The summed E-state index contributed by atoms with van der Waals surface area (Å²) in [5.74, 6) is -0.401. The minimum absolute atomic E-state index is 0.338. The molecule has 0 amide bonds. The minimum atomic E-state index is -0.401. The molecule has 0 heterocycles. The maximum atomic E-state index is 13.3. The molecule has 0 aliphatic carbocycles. The summed E-state index contributed by atoms with van der Waals surface area (Å²) in [5, 5.41) is 0. The third-order valence-electron chi connectivity index (χ3n) is 1.73. The van der Waals surface area contributed by atoms with E-state index in [4.69, 9.17) is 5.73 Å². The average Bonchev–Trinajstić information content (AvgIpc) is 2.17. The van der Waals surface area contributed by atoms with Gasteiger partial charge in [0.1, 0.15) is 5.83 Å². The van der Waals surface area contributed by atoms with E-state index in [9.17, 15) is 4.39 Å². The van der Waals surface area contributed by atoms with Gasteiger partial charge in [-0.2, -0.15) is 0 Å². The third-order valence-corrected chi connectivity index (χ3v) is 1.73. The van der Waals surface area contributed by atoms with Crippen LogP contribution >= 0.6 is 0 Å². The van der Waals surface area contributed by atoms with Gasteiger partial charge in [-0.3, -0.25) is 4.99 Å². The number of hydrogen-bond donors (Lipinski definition) is 1. The highest BCUT2D eigenvalue weighted by atomic mass is 19.1. The highest BCUT2D eigenvalue weighted by molar-refractivity contribution is 5.97. The molecule has 14 heavy (non-hydrogen) atoms. The van der Waals surface area contributed by atoms with Crippen molar-refractivity contribution in [3.63, 3.8) is 0 Å². The standard InChI is InChI=1S/C11H17FN2/c1-5-8(3)14-9(4)11(12)7-10(13)6-2/h5-7H,13H2,1-4H3/b8-5-,10-6+,11-7+,14-9-. The molecule has 2 N–H and O–H groups in total. The van der Waals surface area contributed by atoms with Crippen molar-refractivity contribution in [2.24, 2.45) is 10.7 Å². The zero-order chi connectivity index (χ0) is 11.1. The van der Waals surface area contributed by atoms with Gasteiger partial charge in [-0.25, -0.2) is 4.39 Å². The van der Waals surface area contributed by atoms with Crippen LogP contribution < -0.4 is 5.73 Å². The Morgan fingerprint density at radius 1 is 1.21 bits per heavy atom. The lowest BCUT2D eigenvalue weighted by molar-refractivity contribution is 0.678. The van der Waals surface area contributed by atoms with Crippen molar-refractivity contribution < 1.29 is 4.39 Å². The van der Waals surface area contributed by atoms with E-state index >= 15 is 0 Å². The molecule has 0 aliphatic heterocycles. The van der Waals surface area contributed by atoms with Crippen molar-refractivity contribution in [1.82, 2.24) is 0 Å². The summed E-state index contributed by atoms with van der Waals surface area (Å²) in [6.45, 7) is 7.04. The molecule has 3 heteroatoms. The SMILES string of the molecule is C\C=C(C)/N=C(C)\C(F)=C/C(N)=C\C. The van der Waals surface area contributed by atoms with Crippen LogP contribution in [0.25, 0.3) is 0 Å². The molecule has 0 bridgehead atoms. The molecule has 0 radical (unpaired) electrons. The van der Waals surface area contributed by atoms with Crippen LogP contribution in [0.2, 0.25) is 0 Å². The third kappa shape index (κ3) is 4.60. The molecule has 0 aromatic rings. The largest absolute Gasteiger partial charge is 0.399 e. The summed E-state index contributed by atoms with van der Waals surface area (Å²) in [7, 11) is 0. The fourth-order valence-corrected chi connectivity index (χ4v) is 0.717. The number of rotatable bonds is 3. The number of nitrogens with zero attached hydrogens (tertiary/aromatic N) is 1. The smallest absolute Gasteiger partial charge is 0.146 e. The Hall–Kier alpha value is -1.38. The maximum Gasteiger partial charge on any atom is 0.146 e. The van der Waals surface area contributed by atoms with Crippen LogP contribution in [0, 0.1) is 0 Å². The number of nitrogens with two attached hydrogens (primary N) is 1. The van der Waals surface area contributed by atoms with Gasteiger partial charge in [0.05, 0.1) is 5.71 Å². The summed E-state index contributed by atoms with van der Waals surface area (Å²) in [6.07, 6.45) is 4.72. The van der Waals surface area contributed by atoms with Gasteiger partial charge in [0.2, 0.25) is 0 Å². The Labute approximate surface area is 84.7 Å². The topological polar surface area (TPSA) is 38.4 Å². The van der Waals surface area contributed by atoms with Gasteiger partial charge in [-0.1, -0.05) is 12.2 Å². The maximum absolute atomic E-state index is 13.3. The van der Waals surface area contributed by atoms with E-state index in [0.29, 0.717) is 11.4 Å². The van der Waals surface area contributed by atoms with Gasteiger partial charge in [0, 0.05) is 11.4 Å². The Morgan fingerprint density at radius 3 is 2.21 bits per heavy atom. The van der Waals surface area contributed by atoms with Gasteiger partial charge < -0.3 is 5.73 Å². The summed E-state index contributed by atoms with van der Waals surface area (Å²) >= 11 is 0. The predicted octanol–water partition coefficient (Wildman–Crippen LogP) is 3.09. The van der Waals surface area contributed by atoms with E-state index < -0.39 is 5.83 Å². The predicted molar refractivity (Wildman–Crippen MR) is 59.7 cm³/mol. The van der Waals surface area contributed by atoms with Crippen LogP contribution in [0.5, 0.6) is 0 Å². The molecule has 78 valence electrons. The first-order chi connectivity index (χ1) is 6.51. The van der Waals surface area contributed by atoms with E-state index in [-0.39, 0.29) is 0 Å². The van der Waals surface area contributed by atoms with E-state index in [1.165, 1.54) is 6.08 Å².